The van der Waals surface area contributed by atoms with Gasteiger partial charge in [0.1, 0.15) is 0 Å². The van der Waals surface area contributed by atoms with Crippen LogP contribution < -0.4 is 10.1 Å². The zero-order valence-corrected chi connectivity index (χ0v) is 13.5. The van der Waals surface area contributed by atoms with Gasteiger partial charge in [0.15, 0.2) is 0 Å². The van der Waals surface area contributed by atoms with E-state index in [0.29, 0.717) is 12.4 Å². The summed E-state index contributed by atoms with van der Waals surface area (Å²) >= 11 is 0. The first-order valence-electron chi connectivity index (χ1n) is 8.02. The first kappa shape index (κ1) is 15.5. The Balaban J connectivity index is 1.51. The summed E-state index contributed by atoms with van der Waals surface area (Å²) in [7, 11) is 0. The molecule has 0 saturated heterocycles. The van der Waals surface area contributed by atoms with E-state index in [4.69, 9.17) is 4.74 Å². The molecule has 2 heterocycles. The van der Waals surface area contributed by atoms with Crippen molar-refractivity contribution in [1.29, 1.82) is 0 Å². The van der Waals surface area contributed by atoms with Crippen LogP contribution in [0.25, 0.3) is 0 Å². The molecule has 6 heteroatoms. The van der Waals surface area contributed by atoms with Gasteiger partial charge in [0.2, 0.25) is 11.8 Å². The number of nitrogens with one attached hydrogen (secondary N) is 2. The summed E-state index contributed by atoms with van der Waals surface area (Å²) in [6.07, 6.45) is 6.00. The van der Waals surface area contributed by atoms with E-state index < -0.39 is 0 Å². The Bertz CT molecular complexity index is 663. The lowest BCUT2D eigenvalue weighted by atomic mass is 9.89. The molecule has 0 saturated carbocycles. The SMILES string of the molecule is CC(C)Oc1ccc(CNC(=O)C2CCc3nc[nH]c3C2)cn1. The van der Waals surface area contributed by atoms with E-state index in [9.17, 15) is 4.79 Å². The van der Waals surface area contributed by atoms with Gasteiger partial charge >= 0.3 is 0 Å². The van der Waals surface area contributed by atoms with Crippen LogP contribution >= 0.6 is 0 Å². The van der Waals surface area contributed by atoms with Crippen molar-refractivity contribution in [2.75, 3.05) is 0 Å². The second-order valence-electron chi connectivity index (χ2n) is 6.16. The molecule has 1 amide bonds. The highest BCUT2D eigenvalue weighted by atomic mass is 16.5. The molecule has 1 aliphatic rings. The molecular formula is C17H22N4O2. The fraction of sp³-hybridized carbons (Fsp3) is 0.471. The van der Waals surface area contributed by atoms with Crippen molar-refractivity contribution >= 4 is 5.91 Å². The monoisotopic (exact) mass is 314 g/mol. The van der Waals surface area contributed by atoms with Gasteiger partial charge in [-0.05, 0) is 32.3 Å². The van der Waals surface area contributed by atoms with Crippen LogP contribution in [0, 0.1) is 5.92 Å². The van der Waals surface area contributed by atoms with Gasteiger partial charge in [0.05, 0.1) is 18.1 Å². The Hall–Kier alpha value is -2.37. The molecule has 0 fully saturated rings. The number of carbonyl (C=O) groups excluding carboxylic acids is 1. The lowest BCUT2D eigenvalue weighted by Crippen LogP contribution is -2.33. The van der Waals surface area contributed by atoms with Crippen LogP contribution in [-0.2, 0) is 24.2 Å². The van der Waals surface area contributed by atoms with Gasteiger partial charge in [-0.3, -0.25) is 4.79 Å². The topological polar surface area (TPSA) is 79.9 Å². The molecule has 0 radical (unpaired) electrons. The Kier molecular flexibility index (Phi) is 4.60. The third kappa shape index (κ3) is 3.88. The molecule has 1 aliphatic carbocycles. The first-order chi connectivity index (χ1) is 11.1. The number of ether oxygens (including phenoxy) is 1. The predicted molar refractivity (Wildman–Crippen MR) is 86.0 cm³/mol. The molecule has 2 aromatic rings. The maximum Gasteiger partial charge on any atom is 0.223 e. The number of nitrogens with zero attached hydrogens (tertiary/aromatic N) is 2. The molecule has 0 aliphatic heterocycles. The number of fused-ring (bicyclic) bond motifs is 1. The highest BCUT2D eigenvalue weighted by Crippen LogP contribution is 2.23. The molecule has 6 nitrogen and oxygen atoms in total. The minimum Gasteiger partial charge on any atom is -0.475 e. The van der Waals surface area contributed by atoms with Gasteiger partial charge in [-0.15, -0.1) is 0 Å². The van der Waals surface area contributed by atoms with E-state index in [1.807, 2.05) is 26.0 Å². The van der Waals surface area contributed by atoms with Crippen molar-refractivity contribution in [3.63, 3.8) is 0 Å². The first-order valence-corrected chi connectivity index (χ1v) is 8.02. The Morgan fingerprint density at radius 2 is 2.30 bits per heavy atom. The molecular weight excluding hydrogens is 292 g/mol. The van der Waals surface area contributed by atoms with Crippen molar-refractivity contribution < 1.29 is 9.53 Å². The number of aryl methyl sites for hydroxylation is 1. The summed E-state index contributed by atoms with van der Waals surface area (Å²) in [4.78, 5) is 24.0. The van der Waals surface area contributed by atoms with Crippen LogP contribution in [0.15, 0.2) is 24.7 Å². The molecule has 1 atom stereocenters. The third-order valence-electron chi connectivity index (χ3n) is 3.98. The number of imidazole rings is 1. The smallest absolute Gasteiger partial charge is 0.223 e. The highest BCUT2D eigenvalue weighted by Gasteiger charge is 2.25. The lowest BCUT2D eigenvalue weighted by Gasteiger charge is -2.20. The summed E-state index contributed by atoms with van der Waals surface area (Å²) in [5.41, 5.74) is 3.15. The predicted octanol–water partition coefficient (Wildman–Crippen LogP) is 2.01. The number of pyridine rings is 1. The maximum absolute atomic E-state index is 12.3. The van der Waals surface area contributed by atoms with Crippen molar-refractivity contribution in [2.45, 2.75) is 45.8 Å². The van der Waals surface area contributed by atoms with E-state index >= 15 is 0 Å². The second kappa shape index (κ2) is 6.81. The zero-order chi connectivity index (χ0) is 16.2. The second-order valence-corrected chi connectivity index (χ2v) is 6.16. The van der Waals surface area contributed by atoms with E-state index in [1.165, 1.54) is 0 Å². The van der Waals surface area contributed by atoms with Crippen molar-refractivity contribution in [1.82, 2.24) is 20.3 Å². The van der Waals surface area contributed by atoms with Gasteiger partial charge in [-0.1, -0.05) is 6.07 Å². The fourth-order valence-corrected chi connectivity index (χ4v) is 2.78. The van der Waals surface area contributed by atoms with Crippen molar-refractivity contribution in [3.05, 3.63) is 41.6 Å². The summed E-state index contributed by atoms with van der Waals surface area (Å²) in [5.74, 6) is 0.710. The number of aromatic nitrogens is 3. The number of carbonyl (C=O) groups is 1. The number of rotatable bonds is 5. The van der Waals surface area contributed by atoms with Crippen molar-refractivity contribution in [2.24, 2.45) is 5.92 Å². The zero-order valence-electron chi connectivity index (χ0n) is 13.5. The molecule has 3 rings (SSSR count). The van der Waals surface area contributed by atoms with Crippen LogP contribution in [0.4, 0.5) is 0 Å². The summed E-state index contributed by atoms with van der Waals surface area (Å²) in [5, 5.41) is 3.00. The number of amides is 1. The molecule has 2 N–H and O–H groups in total. The fourth-order valence-electron chi connectivity index (χ4n) is 2.78. The molecule has 2 aromatic heterocycles. The Morgan fingerprint density at radius 1 is 1.43 bits per heavy atom. The quantitative estimate of drug-likeness (QED) is 0.885. The van der Waals surface area contributed by atoms with E-state index in [1.54, 1.807) is 12.5 Å². The summed E-state index contributed by atoms with van der Waals surface area (Å²) < 4.78 is 5.51. The van der Waals surface area contributed by atoms with Crippen LogP contribution in [0.1, 0.15) is 37.2 Å². The third-order valence-corrected chi connectivity index (χ3v) is 3.98. The number of hydrogen-bond acceptors (Lipinski definition) is 4. The molecule has 23 heavy (non-hydrogen) atoms. The number of hydrogen-bond donors (Lipinski definition) is 2. The summed E-state index contributed by atoms with van der Waals surface area (Å²) in [6.45, 7) is 4.41. The molecule has 122 valence electrons. The Morgan fingerprint density at radius 3 is 3.04 bits per heavy atom. The van der Waals surface area contributed by atoms with Gasteiger partial charge in [0.25, 0.3) is 0 Å². The van der Waals surface area contributed by atoms with Crippen LogP contribution in [0.5, 0.6) is 5.88 Å². The summed E-state index contributed by atoms with van der Waals surface area (Å²) in [6, 6.07) is 3.76. The average Bonchev–Trinajstić information content (AvgIpc) is 3.01. The average molecular weight is 314 g/mol. The van der Waals surface area contributed by atoms with Crippen LogP contribution in [0.2, 0.25) is 0 Å². The van der Waals surface area contributed by atoms with Crippen molar-refractivity contribution in [3.8, 4) is 5.88 Å². The van der Waals surface area contributed by atoms with Gasteiger partial charge in [-0.2, -0.15) is 0 Å². The minimum atomic E-state index is 0.0134. The van der Waals surface area contributed by atoms with E-state index in [2.05, 4.69) is 20.3 Å². The molecule has 1 unspecified atom stereocenters. The van der Waals surface area contributed by atoms with Gasteiger partial charge < -0.3 is 15.0 Å². The highest BCUT2D eigenvalue weighted by molar-refractivity contribution is 5.79. The van der Waals surface area contributed by atoms with Gasteiger partial charge in [0, 0.05) is 36.8 Å². The minimum absolute atomic E-state index is 0.0134. The standard InChI is InChI=1S/C17H22N4O2/c1-11(2)23-16-6-3-12(8-18-16)9-19-17(22)13-4-5-14-15(7-13)21-10-20-14/h3,6,8,10-11,13H,4-5,7,9H2,1-2H3,(H,19,22)(H,20,21). The Labute approximate surface area is 135 Å². The van der Waals surface area contributed by atoms with Crippen LogP contribution in [-0.4, -0.2) is 27.0 Å². The maximum atomic E-state index is 12.3. The number of aromatic amines is 1. The normalized spacial score (nSPS) is 16.9. The number of H-pyrrole nitrogens is 1. The van der Waals surface area contributed by atoms with E-state index in [-0.39, 0.29) is 17.9 Å². The largest absolute Gasteiger partial charge is 0.475 e. The lowest BCUT2D eigenvalue weighted by molar-refractivity contribution is -0.125. The molecule has 0 bridgehead atoms. The van der Waals surface area contributed by atoms with Crippen LogP contribution in [0.3, 0.4) is 0 Å². The van der Waals surface area contributed by atoms with E-state index in [0.717, 1.165) is 36.2 Å². The molecule has 0 aromatic carbocycles. The molecule has 0 spiro atoms. The van der Waals surface area contributed by atoms with Gasteiger partial charge in [-0.25, -0.2) is 9.97 Å².